The van der Waals surface area contributed by atoms with E-state index in [1.54, 1.807) is 24.3 Å². The van der Waals surface area contributed by atoms with Crippen LogP contribution in [0.5, 0.6) is 5.75 Å². The Balaban J connectivity index is 1.63. The Morgan fingerprint density at radius 1 is 0.839 bits per heavy atom. The van der Waals surface area contributed by atoms with Crippen LogP contribution in [0.4, 0.5) is 11.4 Å². The number of carbonyl (C=O) groups excluding carboxylic acids is 1. The van der Waals surface area contributed by atoms with E-state index >= 15 is 0 Å². The first-order chi connectivity index (χ1) is 14.6. The van der Waals surface area contributed by atoms with Gasteiger partial charge in [0.05, 0.1) is 4.90 Å². The number of rotatable bonds is 7. The highest BCUT2D eigenvalue weighted by Gasteiger charge is 2.15. The van der Waals surface area contributed by atoms with E-state index < -0.39 is 10.0 Å². The fraction of sp³-hybridized carbons (Fsp3) is 0.208. The van der Waals surface area contributed by atoms with Crippen molar-refractivity contribution in [1.82, 2.24) is 0 Å². The number of anilines is 2. The van der Waals surface area contributed by atoms with Crippen LogP contribution < -0.4 is 14.8 Å². The van der Waals surface area contributed by atoms with Crippen LogP contribution in [0.15, 0.2) is 65.6 Å². The third-order valence-corrected chi connectivity index (χ3v) is 6.08. The Kier molecular flexibility index (Phi) is 6.65. The maximum Gasteiger partial charge on any atom is 0.262 e. The molecule has 3 aromatic rings. The minimum absolute atomic E-state index is 0.108. The number of benzene rings is 3. The van der Waals surface area contributed by atoms with Crippen molar-refractivity contribution >= 4 is 27.3 Å². The van der Waals surface area contributed by atoms with Gasteiger partial charge in [-0.05, 0) is 86.3 Å². The lowest BCUT2D eigenvalue weighted by Gasteiger charge is -2.12. The predicted octanol–water partition coefficient (Wildman–Crippen LogP) is 4.74. The van der Waals surface area contributed by atoms with Gasteiger partial charge in [-0.25, -0.2) is 8.42 Å². The molecule has 0 atom stereocenters. The fourth-order valence-corrected chi connectivity index (χ4v) is 4.37. The summed E-state index contributed by atoms with van der Waals surface area (Å²) in [6, 6.07) is 17.3. The van der Waals surface area contributed by atoms with Crippen LogP contribution in [0.1, 0.15) is 22.3 Å². The van der Waals surface area contributed by atoms with Crippen molar-refractivity contribution in [3.63, 3.8) is 0 Å². The van der Waals surface area contributed by atoms with Gasteiger partial charge in [-0.3, -0.25) is 9.52 Å². The standard InChI is InChI=1S/C24H26N2O4S/c1-16-12-17(2)14-21(13-16)26-31(28,29)22-10-8-20(9-11-22)25-23(27)15-30-24-18(3)6-5-7-19(24)4/h5-14,26H,15H2,1-4H3,(H,25,27). The van der Waals surface area contributed by atoms with Gasteiger partial charge >= 0.3 is 0 Å². The molecular weight excluding hydrogens is 412 g/mol. The number of sulfonamides is 1. The van der Waals surface area contributed by atoms with Gasteiger partial charge in [0.25, 0.3) is 15.9 Å². The number of para-hydroxylation sites is 1. The van der Waals surface area contributed by atoms with Crippen molar-refractivity contribution in [1.29, 1.82) is 0 Å². The molecule has 0 fully saturated rings. The molecule has 0 aromatic heterocycles. The molecule has 0 heterocycles. The Labute approximate surface area is 183 Å². The van der Waals surface area contributed by atoms with Crippen LogP contribution in [0.3, 0.4) is 0 Å². The van der Waals surface area contributed by atoms with Crippen LogP contribution >= 0.6 is 0 Å². The average Bonchev–Trinajstić information content (AvgIpc) is 2.67. The lowest BCUT2D eigenvalue weighted by Crippen LogP contribution is -2.20. The summed E-state index contributed by atoms with van der Waals surface area (Å²) in [5, 5.41) is 2.72. The number of carbonyl (C=O) groups is 1. The summed E-state index contributed by atoms with van der Waals surface area (Å²) >= 11 is 0. The first kappa shape index (κ1) is 22.4. The maximum absolute atomic E-state index is 12.7. The Morgan fingerprint density at radius 3 is 2.00 bits per heavy atom. The molecule has 3 aromatic carbocycles. The zero-order chi connectivity index (χ0) is 22.6. The minimum Gasteiger partial charge on any atom is -0.483 e. The van der Waals surface area contributed by atoms with Crippen molar-refractivity contribution < 1.29 is 17.9 Å². The molecular formula is C24H26N2O4S. The molecule has 0 aliphatic rings. The highest BCUT2D eigenvalue weighted by Crippen LogP contribution is 2.23. The minimum atomic E-state index is -3.74. The molecule has 0 aliphatic carbocycles. The summed E-state index contributed by atoms with van der Waals surface area (Å²) in [6.07, 6.45) is 0. The van der Waals surface area contributed by atoms with E-state index in [0.29, 0.717) is 17.1 Å². The van der Waals surface area contributed by atoms with Gasteiger partial charge in [0.15, 0.2) is 6.61 Å². The van der Waals surface area contributed by atoms with Crippen molar-refractivity contribution in [3.05, 3.63) is 82.9 Å². The second-order valence-electron chi connectivity index (χ2n) is 7.56. The maximum atomic E-state index is 12.7. The van der Waals surface area contributed by atoms with Gasteiger partial charge < -0.3 is 10.1 Å². The van der Waals surface area contributed by atoms with E-state index in [1.807, 2.05) is 52.0 Å². The Hall–Kier alpha value is -3.32. The number of aryl methyl sites for hydroxylation is 4. The normalized spacial score (nSPS) is 11.1. The zero-order valence-electron chi connectivity index (χ0n) is 18.0. The van der Waals surface area contributed by atoms with Gasteiger partial charge in [0, 0.05) is 11.4 Å². The molecule has 7 heteroatoms. The summed E-state index contributed by atoms with van der Waals surface area (Å²) in [5.41, 5.74) is 4.86. The molecule has 31 heavy (non-hydrogen) atoms. The number of amides is 1. The smallest absolute Gasteiger partial charge is 0.262 e. The third-order valence-electron chi connectivity index (χ3n) is 4.68. The number of hydrogen-bond acceptors (Lipinski definition) is 4. The molecule has 3 rings (SSSR count). The van der Waals surface area contributed by atoms with Gasteiger partial charge in [-0.15, -0.1) is 0 Å². The highest BCUT2D eigenvalue weighted by molar-refractivity contribution is 7.92. The second-order valence-corrected chi connectivity index (χ2v) is 9.25. The fourth-order valence-electron chi connectivity index (χ4n) is 3.33. The third kappa shape index (κ3) is 5.86. The predicted molar refractivity (Wildman–Crippen MR) is 123 cm³/mol. The van der Waals surface area contributed by atoms with Crippen LogP contribution in [-0.4, -0.2) is 20.9 Å². The van der Waals surface area contributed by atoms with E-state index in [-0.39, 0.29) is 17.4 Å². The summed E-state index contributed by atoms with van der Waals surface area (Å²) in [4.78, 5) is 12.3. The molecule has 0 saturated carbocycles. The Morgan fingerprint density at radius 2 is 1.42 bits per heavy atom. The van der Waals surface area contributed by atoms with E-state index in [4.69, 9.17) is 4.74 Å². The highest BCUT2D eigenvalue weighted by atomic mass is 32.2. The average molecular weight is 439 g/mol. The topological polar surface area (TPSA) is 84.5 Å². The summed E-state index contributed by atoms with van der Waals surface area (Å²) in [7, 11) is -3.74. The molecule has 162 valence electrons. The van der Waals surface area contributed by atoms with Gasteiger partial charge in [-0.2, -0.15) is 0 Å². The van der Waals surface area contributed by atoms with Gasteiger partial charge in [0.1, 0.15) is 5.75 Å². The molecule has 0 spiro atoms. The van der Waals surface area contributed by atoms with Crippen LogP contribution in [0.25, 0.3) is 0 Å². The van der Waals surface area contributed by atoms with Crippen molar-refractivity contribution in [2.75, 3.05) is 16.6 Å². The molecule has 6 nitrogen and oxygen atoms in total. The van der Waals surface area contributed by atoms with Gasteiger partial charge in [0.2, 0.25) is 0 Å². The van der Waals surface area contributed by atoms with Crippen molar-refractivity contribution in [2.45, 2.75) is 32.6 Å². The molecule has 1 amide bonds. The van der Waals surface area contributed by atoms with E-state index in [1.165, 1.54) is 12.1 Å². The SMILES string of the molecule is Cc1cc(C)cc(NS(=O)(=O)c2ccc(NC(=O)COc3c(C)cccc3C)cc2)c1. The second kappa shape index (κ2) is 9.22. The molecule has 2 N–H and O–H groups in total. The summed E-state index contributed by atoms with van der Waals surface area (Å²) in [5.74, 6) is 0.364. The summed E-state index contributed by atoms with van der Waals surface area (Å²) < 4.78 is 33.6. The van der Waals surface area contributed by atoms with Crippen molar-refractivity contribution in [3.8, 4) is 5.75 Å². The number of nitrogens with one attached hydrogen (secondary N) is 2. The van der Waals surface area contributed by atoms with Gasteiger partial charge in [-0.1, -0.05) is 24.3 Å². The monoisotopic (exact) mass is 438 g/mol. The molecule has 0 unspecified atom stereocenters. The molecule has 0 radical (unpaired) electrons. The number of ether oxygens (including phenoxy) is 1. The lowest BCUT2D eigenvalue weighted by molar-refractivity contribution is -0.118. The first-order valence-electron chi connectivity index (χ1n) is 9.84. The van der Waals surface area contributed by atoms with E-state index in [0.717, 1.165) is 22.3 Å². The first-order valence-corrected chi connectivity index (χ1v) is 11.3. The van der Waals surface area contributed by atoms with Crippen LogP contribution in [0, 0.1) is 27.7 Å². The molecule has 0 saturated heterocycles. The summed E-state index contributed by atoms with van der Waals surface area (Å²) in [6.45, 7) is 7.52. The lowest BCUT2D eigenvalue weighted by atomic mass is 10.1. The Bertz CT molecular complexity index is 1160. The van der Waals surface area contributed by atoms with Crippen molar-refractivity contribution in [2.24, 2.45) is 0 Å². The number of hydrogen-bond donors (Lipinski definition) is 2. The van der Waals surface area contributed by atoms with E-state index in [2.05, 4.69) is 10.0 Å². The molecule has 0 bridgehead atoms. The quantitative estimate of drug-likeness (QED) is 0.558. The van der Waals surface area contributed by atoms with Crippen LogP contribution in [-0.2, 0) is 14.8 Å². The zero-order valence-corrected chi connectivity index (χ0v) is 18.8. The van der Waals surface area contributed by atoms with E-state index in [9.17, 15) is 13.2 Å². The van der Waals surface area contributed by atoms with Crippen LogP contribution in [0.2, 0.25) is 0 Å². The largest absolute Gasteiger partial charge is 0.483 e. The molecule has 0 aliphatic heterocycles.